The lowest BCUT2D eigenvalue weighted by molar-refractivity contribution is 0.793. The van der Waals surface area contributed by atoms with E-state index in [9.17, 15) is 0 Å². The lowest BCUT2D eigenvalue weighted by Gasteiger charge is -2.30. The van der Waals surface area contributed by atoms with E-state index in [1.165, 1.54) is 88.4 Å². The van der Waals surface area contributed by atoms with E-state index >= 15 is 0 Å². The fourth-order valence-electron chi connectivity index (χ4n) is 10.4. The zero-order valence-electron chi connectivity index (χ0n) is 30.8. The van der Waals surface area contributed by atoms with Crippen LogP contribution in [0.2, 0.25) is 0 Å². The molecule has 57 heavy (non-hydrogen) atoms. The molecule has 0 amide bonds. The Kier molecular flexibility index (Phi) is 6.09. The topological polar surface area (TPSA) is 47.7 Å². The number of pyridine rings is 2. The molecule has 0 saturated carbocycles. The van der Waals surface area contributed by atoms with Gasteiger partial charge in [0.1, 0.15) is 5.82 Å². The monoisotopic (exact) mass is 727 g/mol. The van der Waals surface area contributed by atoms with Gasteiger partial charge in [-0.15, -0.1) is 0 Å². The molecule has 1 aliphatic heterocycles. The Morgan fingerprint density at radius 2 is 1.12 bits per heavy atom. The highest BCUT2D eigenvalue weighted by Gasteiger charge is 2.52. The van der Waals surface area contributed by atoms with Crippen molar-refractivity contribution in [3.05, 3.63) is 204 Å². The van der Waals surface area contributed by atoms with E-state index in [1.54, 1.807) is 0 Å². The Labute approximate surface area is 328 Å². The largest absolute Gasteiger partial charge is 0.367 e. The van der Waals surface area contributed by atoms with Crippen LogP contribution in [0.5, 0.6) is 0 Å². The normalized spacial score (nSPS) is 15.8. The van der Waals surface area contributed by atoms with Crippen molar-refractivity contribution in [1.29, 1.82) is 0 Å². The van der Waals surface area contributed by atoms with E-state index in [0.29, 0.717) is 0 Å². The molecule has 1 N–H and O–H groups in total. The Morgan fingerprint density at radius 3 is 1.91 bits per heavy atom. The molecule has 5 heterocycles. The maximum absolute atomic E-state index is 4.61. The third-order valence-electron chi connectivity index (χ3n) is 12.7. The van der Waals surface area contributed by atoms with Crippen molar-refractivity contribution in [1.82, 2.24) is 19.1 Å². The fourth-order valence-corrected chi connectivity index (χ4v) is 10.4. The number of hydrogen-bond acceptors (Lipinski definition) is 3. The van der Waals surface area contributed by atoms with Crippen molar-refractivity contribution in [3.8, 4) is 44.8 Å². The molecular formula is C52H33N5. The Hall–Kier alpha value is -7.50. The van der Waals surface area contributed by atoms with Crippen LogP contribution in [-0.4, -0.2) is 25.6 Å². The summed E-state index contributed by atoms with van der Waals surface area (Å²) in [6, 6.07) is 54.0. The van der Waals surface area contributed by atoms with Crippen molar-refractivity contribution >= 4 is 44.6 Å². The number of anilines is 1. The molecular weight excluding hydrogens is 695 g/mol. The minimum atomic E-state index is -0.429. The average Bonchev–Trinajstić information content (AvgIpc) is 3.98. The van der Waals surface area contributed by atoms with E-state index in [2.05, 4.69) is 188 Å². The molecule has 4 aromatic heterocycles. The van der Waals surface area contributed by atoms with E-state index in [4.69, 9.17) is 0 Å². The van der Waals surface area contributed by atoms with Crippen LogP contribution in [0.3, 0.4) is 0 Å². The molecule has 0 saturated heterocycles. The summed E-state index contributed by atoms with van der Waals surface area (Å²) in [7, 11) is 0. The highest BCUT2D eigenvalue weighted by Crippen LogP contribution is 2.63. The first-order chi connectivity index (χ1) is 28.3. The maximum Gasteiger partial charge on any atom is 0.119 e. The van der Waals surface area contributed by atoms with E-state index < -0.39 is 5.41 Å². The van der Waals surface area contributed by atoms with Gasteiger partial charge in [-0.1, -0.05) is 103 Å². The lowest BCUT2D eigenvalue weighted by atomic mass is 9.70. The molecule has 266 valence electrons. The molecule has 6 aromatic carbocycles. The molecule has 13 rings (SSSR count). The summed E-state index contributed by atoms with van der Waals surface area (Å²) >= 11 is 0. The maximum atomic E-state index is 4.61. The van der Waals surface area contributed by atoms with Gasteiger partial charge in [-0.25, -0.2) is 0 Å². The zero-order valence-corrected chi connectivity index (χ0v) is 30.8. The molecule has 3 aliphatic rings. The summed E-state index contributed by atoms with van der Waals surface area (Å²) in [6.07, 6.45) is 12.2. The predicted molar refractivity (Wildman–Crippen MR) is 232 cm³/mol. The van der Waals surface area contributed by atoms with Gasteiger partial charge < -0.3 is 9.88 Å². The van der Waals surface area contributed by atoms with Crippen molar-refractivity contribution in [3.63, 3.8) is 0 Å². The van der Waals surface area contributed by atoms with Crippen LogP contribution in [0, 0.1) is 0 Å². The smallest absolute Gasteiger partial charge is 0.119 e. The molecule has 0 bridgehead atoms. The second kappa shape index (κ2) is 11.3. The van der Waals surface area contributed by atoms with Crippen LogP contribution >= 0.6 is 0 Å². The van der Waals surface area contributed by atoms with Gasteiger partial charge in [-0.3, -0.25) is 14.5 Å². The lowest BCUT2D eigenvalue weighted by Crippen LogP contribution is -2.25. The molecule has 10 aromatic rings. The number of rotatable bonds is 3. The van der Waals surface area contributed by atoms with Crippen LogP contribution in [0.1, 0.15) is 27.8 Å². The molecule has 1 spiro atoms. The van der Waals surface area contributed by atoms with E-state index in [0.717, 1.165) is 29.3 Å². The quantitative estimate of drug-likeness (QED) is 0.197. The minimum absolute atomic E-state index is 0.429. The standard InChI is InChI=1S/C52H33N5/c1-4-12-44-36(8-1)41-28-42-38-10-3-6-14-48(38)56(49(42)29-47(41)52(44)45-13-5-2-9-37(45)43-30-53-27-24-46(43)52)34-19-15-32(16-20-34)33-17-21-35(22-18-33)57-50-31-54-26-23-39(50)40-11-7-25-55-51(40)57/h1-24,26-31,55H,25H2. The Bertz CT molecular complexity index is 3300. The molecule has 5 nitrogen and oxygen atoms in total. The number of benzene rings is 6. The summed E-state index contributed by atoms with van der Waals surface area (Å²) in [5.74, 6) is 1.11. The van der Waals surface area contributed by atoms with Gasteiger partial charge in [0.25, 0.3) is 0 Å². The van der Waals surface area contributed by atoms with Crippen LogP contribution in [0.25, 0.3) is 83.5 Å². The number of nitrogens with zero attached hydrogens (tertiary/aromatic N) is 4. The average molecular weight is 728 g/mol. The van der Waals surface area contributed by atoms with Crippen LogP contribution < -0.4 is 5.32 Å². The van der Waals surface area contributed by atoms with Crippen molar-refractivity contribution in [2.45, 2.75) is 5.41 Å². The van der Waals surface area contributed by atoms with Crippen LogP contribution in [-0.2, 0) is 5.41 Å². The minimum Gasteiger partial charge on any atom is -0.367 e. The summed E-state index contributed by atoms with van der Waals surface area (Å²) in [5.41, 5.74) is 19.3. The SMILES string of the molecule is C1=Cc2c(n(-c3ccc(-c4ccc(-n5c6ccccc6c6cc7c(cc65)C5(c6ccccc6-c6cnccc65)c5ccccc5-7)cc4)cc3)c3cnccc23)NC1. The Morgan fingerprint density at radius 1 is 0.474 bits per heavy atom. The van der Waals surface area contributed by atoms with Gasteiger partial charge in [0.2, 0.25) is 0 Å². The van der Waals surface area contributed by atoms with Gasteiger partial charge >= 0.3 is 0 Å². The first kappa shape index (κ1) is 30.8. The summed E-state index contributed by atoms with van der Waals surface area (Å²) in [6.45, 7) is 0.809. The molecule has 1 unspecified atom stereocenters. The zero-order chi connectivity index (χ0) is 37.2. The highest BCUT2D eigenvalue weighted by molar-refractivity contribution is 6.12. The fraction of sp³-hybridized carbons (Fsp3) is 0.0385. The van der Waals surface area contributed by atoms with Crippen molar-refractivity contribution in [2.24, 2.45) is 0 Å². The second-order valence-electron chi connectivity index (χ2n) is 15.4. The van der Waals surface area contributed by atoms with Gasteiger partial charge in [0, 0.05) is 63.8 Å². The molecule has 0 fully saturated rings. The number of para-hydroxylation sites is 1. The van der Waals surface area contributed by atoms with Gasteiger partial charge in [-0.05, 0) is 105 Å². The summed E-state index contributed by atoms with van der Waals surface area (Å²) < 4.78 is 4.74. The molecule has 0 radical (unpaired) electrons. The second-order valence-corrected chi connectivity index (χ2v) is 15.4. The molecule has 5 heteroatoms. The third kappa shape index (κ3) is 3.97. The highest BCUT2D eigenvalue weighted by atomic mass is 15.1. The number of nitrogens with one attached hydrogen (secondary N) is 1. The van der Waals surface area contributed by atoms with Gasteiger partial charge in [-0.2, -0.15) is 0 Å². The number of aromatic nitrogens is 4. The summed E-state index contributed by atoms with van der Waals surface area (Å²) in [4.78, 5) is 9.07. The third-order valence-corrected chi connectivity index (χ3v) is 12.7. The Balaban J connectivity index is 0.964. The number of hydrogen-bond donors (Lipinski definition) is 1. The predicted octanol–water partition coefficient (Wildman–Crippen LogP) is 12.0. The van der Waals surface area contributed by atoms with Crippen LogP contribution in [0.4, 0.5) is 5.82 Å². The van der Waals surface area contributed by atoms with Crippen molar-refractivity contribution < 1.29 is 0 Å². The van der Waals surface area contributed by atoms with Crippen molar-refractivity contribution in [2.75, 3.05) is 11.9 Å². The molecule has 2 aliphatic carbocycles. The first-order valence-corrected chi connectivity index (χ1v) is 19.6. The van der Waals surface area contributed by atoms with Gasteiger partial charge in [0.05, 0.1) is 28.2 Å². The molecule has 1 atom stereocenters. The van der Waals surface area contributed by atoms with Crippen LogP contribution in [0.15, 0.2) is 176 Å². The first-order valence-electron chi connectivity index (χ1n) is 19.6. The number of fused-ring (bicyclic) bond motifs is 16. The summed E-state index contributed by atoms with van der Waals surface area (Å²) in [5, 5.41) is 7.31. The van der Waals surface area contributed by atoms with E-state index in [-0.39, 0.29) is 0 Å². The van der Waals surface area contributed by atoms with E-state index in [1.807, 2.05) is 18.6 Å². The van der Waals surface area contributed by atoms with Gasteiger partial charge in [0.15, 0.2) is 0 Å².